The molecule has 0 amide bonds. The van der Waals surface area contributed by atoms with Crippen molar-refractivity contribution in [1.82, 2.24) is 0 Å². The first kappa shape index (κ1) is 9.44. The first-order valence-corrected chi connectivity index (χ1v) is 3.34. The van der Waals surface area contributed by atoms with Gasteiger partial charge < -0.3 is 10.5 Å². The third-order valence-electron chi connectivity index (χ3n) is 1.24. The van der Waals surface area contributed by atoms with Crippen LogP contribution >= 0.6 is 0 Å². The second-order valence-electron chi connectivity index (χ2n) is 2.21. The zero-order chi connectivity index (χ0) is 9.84. The van der Waals surface area contributed by atoms with Crippen LogP contribution in [0.5, 0.6) is 5.75 Å². The number of halogens is 3. The quantitative estimate of drug-likeness (QED) is 0.573. The molecule has 0 atom stereocenters. The van der Waals surface area contributed by atoms with Crippen LogP contribution in [0.25, 0.3) is 0 Å². The molecule has 13 heavy (non-hydrogen) atoms. The Labute approximate surface area is 72.4 Å². The zero-order valence-electron chi connectivity index (χ0n) is 6.43. The Balaban J connectivity index is 2.76. The van der Waals surface area contributed by atoms with Gasteiger partial charge in [0.05, 0.1) is 0 Å². The third kappa shape index (κ3) is 2.70. The van der Waals surface area contributed by atoms with Crippen LogP contribution in [0.1, 0.15) is 0 Å². The molecule has 1 rings (SSSR count). The summed E-state index contributed by atoms with van der Waals surface area (Å²) in [5, 5.41) is 0. The number of hydrogen-bond acceptors (Lipinski definition) is 2. The summed E-state index contributed by atoms with van der Waals surface area (Å²) in [6, 6.07) is 3.51. The molecule has 2 N–H and O–H groups in total. The maximum absolute atomic E-state index is 12.2. The van der Waals surface area contributed by atoms with E-state index in [1.807, 2.05) is 0 Å². The maximum Gasteiger partial charge on any atom is 0.344 e. The molecule has 0 bridgehead atoms. The maximum atomic E-state index is 12.2. The van der Waals surface area contributed by atoms with Crippen molar-refractivity contribution in [2.45, 2.75) is 0 Å². The van der Waals surface area contributed by atoms with Crippen molar-refractivity contribution in [3.8, 4) is 5.75 Å². The number of benzene rings is 1. The standard InChI is InChI=1S/C8H6F3NO/c9-7(10)8(11)13-6-3-1-5(12)2-4-6/h1-4H,12H2. The van der Waals surface area contributed by atoms with E-state index in [4.69, 9.17) is 5.73 Å². The Morgan fingerprint density at radius 1 is 1.08 bits per heavy atom. The Bertz CT molecular complexity index is 317. The van der Waals surface area contributed by atoms with Crippen LogP contribution in [0.4, 0.5) is 18.9 Å². The largest absolute Gasteiger partial charge is 0.428 e. The van der Waals surface area contributed by atoms with Gasteiger partial charge in [0.2, 0.25) is 0 Å². The van der Waals surface area contributed by atoms with Crippen LogP contribution in [0.2, 0.25) is 0 Å². The van der Waals surface area contributed by atoms with E-state index in [1.165, 1.54) is 24.3 Å². The normalized spacial score (nSPS) is 9.46. The van der Waals surface area contributed by atoms with Gasteiger partial charge in [0.1, 0.15) is 5.75 Å². The molecule has 0 saturated heterocycles. The summed E-state index contributed by atoms with van der Waals surface area (Å²) >= 11 is 0. The lowest BCUT2D eigenvalue weighted by Crippen LogP contribution is -1.91. The molecule has 0 spiro atoms. The summed E-state index contributed by atoms with van der Waals surface area (Å²) in [5.41, 5.74) is 5.75. The van der Waals surface area contributed by atoms with Crippen LogP contribution < -0.4 is 10.5 Å². The highest BCUT2D eigenvalue weighted by molar-refractivity contribution is 5.41. The fraction of sp³-hybridized carbons (Fsp3) is 0. The number of hydrogen-bond donors (Lipinski definition) is 1. The molecule has 0 unspecified atom stereocenters. The SMILES string of the molecule is Nc1ccc(OC(F)=C(F)F)cc1. The minimum atomic E-state index is -2.49. The molecule has 1 aromatic carbocycles. The fourth-order valence-corrected chi connectivity index (χ4v) is 0.678. The molecular formula is C8H6F3NO. The molecule has 1 aromatic rings. The minimum Gasteiger partial charge on any atom is -0.428 e. The average Bonchev–Trinajstić information content (AvgIpc) is 2.08. The van der Waals surface area contributed by atoms with Crippen LogP contribution in [0, 0.1) is 0 Å². The topological polar surface area (TPSA) is 35.2 Å². The van der Waals surface area contributed by atoms with Crippen molar-refractivity contribution in [1.29, 1.82) is 0 Å². The van der Waals surface area contributed by atoms with Gasteiger partial charge in [-0.15, -0.1) is 0 Å². The van der Waals surface area contributed by atoms with Crippen LogP contribution in [0.3, 0.4) is 0 Å². The fourth-order valence-electron chi connectivity index (χ4n) is 0.678. The smallest absolute Gasteiger partial charge is 0.344 e. The molecule has 0 aliphatic heterocycles. The molecule has 2 nitrogen and oxygen atoms in total. The Kier molecular flexibility index (Phi) is 2.79. The van der Waals surface area contributed by atoms with Gasteiger partial charge in [-0.05, 0) is 24.3 Å². The first-order valence-electron chi connectivity index (χ1n) is 3.34. The van der Waals surface area contributed by atoms with Gasteiger partial charge in [-0.1, -0.05) is 0 Å². The van der Waals surface area contributed by atoms with Crippen molar-refractivity contribution in [2.75, 3.05) is 5.73 Å². The highest BCUT2D eigenvalue weighted by atomic mass is 19.3. The number of ether oxygens (including phenoxy) is 1. The Morgan fingerprint density at radius 3 is 2.08 bits per heavy atom. The van der Waals surface area contributed by atoms with E-state index >= 15 is 0 Å². The van der Waals surface area contributed by atoms with Crippen molar-refractivity contribution in [3.05, 3.63) is 36.4 Å². The van der Waals surface area contributed by atoms with Crippen molar-refractivity contribution >= 4 is 5.69 Å². The van der Waals surface area contributed by atoms with Crippen molar-refractivity contribution < 1.29 is 17.9 Å². The third-order valence-corrected chi connectivity index (χ3v) is 1.24. The molecule has 5 heteroatoms. The molecule has 0 aliphatic rings. The van der Waals surface area contributed by atoms with Crippen molar-refractivity contribution in [3.63, 3.8) is 0 Å². The summed E-state index contributed by atoms with van der Waals surface area (Å²) in [6.07, 6.45) is -2.49. The summed E-state index contributed by atoms with van der Waals surface area (Å²) in [5.74, 6) is -0.0282. The molecule has 0 heterocycles. The average molecular weight is 189 g/mol. The minimum absolute atomic E-state index is 0.0282. The Hall–Kier alpha value is -1.65. The van der Waals surface area contributed by atoms with Gasteiger partial charge in [0.15, 0.2) is 0 Å². The van der Waals surface area contributed by atoms with Crippen molar-refractivity contribution in [2.24, 2.45) is 0 Å². The highest BCUT2D eigenvalue weighted by Gasteiger charge is 2.06. The second kappa shape index (κ2) is 3.84. The summed E-state index contributed by atoms with van der Waals surface area (Å²) < 4.78 is 39.4. The molecule has 0 radical (unpaired) electrons. The monoisotopic (exact) mass is 189 g/mol. The molecule has 0 saturated carbocycles. The highest BCUT2D eigenvalue weighted by Crippen LogP contribution is 2.19. The Morgan fingerprint density at radius 2 is 1.62 bits per heavy atom. The second-order valence-corrected chi connectivity index (χ2v) is 2.21. The molecular weight excluding hydrogens is 183 g/mol. The molecule has 0 aliphatic carbocycles. The summed E-state index contributed by atoms with van der Waals surface area (Å²) in [4.78, 5) is 0. The first-order chi connectivity index (χ1) is 6.09. The molecule has 0 aromatic heterocycles. The number of nitrogen functional groups attached to an aromatic ring is 1. The summed E-state index contributed by atoms with van der Waals surface area (Å²) in [6.45, 7) is 0. The summed E-state index contributed by atoms with van der Waals surface area (Å²) in [7, 11) is 0. The van der Waals surface area contributed by atoms with Gasteiger partial charge in [-0.2, -0.15) is 13.2 Å². The van der Waals surface area contributed by atoms with Gasteiger partial charge in [-0.25, -0.2) is 0 Å². The van der Waals surface area contributed by atoms with Crippen LogP contribution in [-0.4, -0.2) is 0 Å². The lowest BCUT2D eigenvalue weighted by Gasteiger charge is -2.01. The van der Waals surface area contributed by atoms with E-state index in [9.17, 15) is 13.2 Å². The van der Waals surface area contributed by atoms with Gasteiger partial charge in [-0.3, -0.25) is 0 Å². The predicted molar refractivity (Wildman–Crippen MR) is 41.8 cm³/mol. The van der Waals surface area contributed by atoms with E-state index in [2.05, 4.69) is 4.74 Å². The lowest BCUT2D eigenvalue weighted by molar-refractivity contribution is 0.241. The van der Waals surface area contributed by atoms with Gasteiger partial charge >= 0.3 is 12.1 Å². The van der Waals surface area contributed by atoms with E-state index in [0.29, 0.717) is 5.69 Å². The van der Waals surface area contributed by atoms with Crippen LogP contribution in [0.15, 0.2) is 36.4 Å². The molecule has 0 fully saturated rings. The molecule has 70 valence electrons. The van der Waals surface area contributed by atoms with Gasteiger partial charge in [0, 0.05) is 5.69 Å². The van der Waals surface area contributed by atoms with E-state index < -0.39 is 12.1 Å². The van der Waals surface area contributed by atoms with E-state index in [-0.39, 0.29) is 5.75 Å². The number of rotatable bonds is 2. The van der Waals surface area contributed by atoms with E-state index in [1.54, 1.807) is 0 Å². The van der Waals surface area contributed by atoms with Crippen LogP contribution in [-0.2, 0) is 0 Å². The van der Waals surface area contributed by atoms with E-state index in [0.717, 1.165) is 0 Å². The number of anilines is 1. The lowest BCUT2D eigenvalue weighted by atomic mass is 10.3. The van der Waals surface area contributed by atoms with Gasteiger partial charge in [0.25, 0.3) is 0 Å². The zero-order valence-corrected chi connectivity index (χ0v) is 6.43. The predicted octanol–water partition coefficient (Wildman–Crippen LogP) is 2.68. The number of nitrogens with two attached hydrogens (primary N) is 1.